The maximum absolute atomic E-state index is 11.5. The number of hydrogen-bond acceptors (Lipinski definition) is 3. The van der Waals surface area contributed by atoms with Gasteiger partial charge in [-0.25, -0.2) is 0 Å². The maximum atomic E-state index is 11.5. The number of carbonyl (C=O) groups excluding carboxylic acids is 1. The SMILES string of the molecule is CC(=O)O[C@@H]1CC[C@@]2(C)C(C1)[C@@H](O)C=C1[C@@H]3CC[C@H]([C@H](C)/C=C/[C@H](C)C(C)C)[C@@]3(C)CC[C@@H]12. The molecular formula is C30H48O3. The minimum absolute atomic E-state index is 0.0317. The lowest BCUT2D eigenvalue weighted by molar-refractivity contribution is -0.155. The van der Waals surface area contributed by atoms with Gasteiger partial charge in [0, 0.05) is 6.92 Å². The third-order valence-electron chi connectivity index (χ3n) is 10.9. The van der Waals surface area contributed by atoms with Crippen LogP contribution in [0, 0.1) is 52.3 Å². The van der Waals surface area contributed by atoms with Crippen molar-refractivity contribution in [2.24, 2.45) is 52.3 Å². The first kappa shape index (κ1) is 25.0. The van der Waals surface area contributed by atoms with Crippen LogP contribution in [-0.2, 0) is 9.53 Å². The molecule has 0 bridgehead atoms. The molecule has 3 heteroatoms. The fourth-order valence-corrected chi connectivity index (χ4v) is 8.49. The van der Waals surface area contributed by atoms with Crippen molar-refractivity contribution < 1.29 is 14.6 Å². The average Bonchev–Trinajstić information content (AvgIpc) is 3.10. The Bertz CT molecular complexity index is 796. The van der Waals surface area contributed by atoms with Gasteiger partial charge in [0.25, 0.3) is 0 Å². The van der Waals surface area contributed by atoms with Crippen LogP contribution in [0.2, 0.25) is 0 Å². The number of aliphatic hydroxyl groups excluding tert-OH is 1. The standard InChI is InChI=1S/C30H48O3/c1-18(2)19(3)8-9-20(4)24-10-11-25-23-17-28(32)27-16-22(33-21(5)31)12-14-30(27,7)26(23)13-15-29(24,25)6/h8-9,17-20,22,24-28,32H,10-16H2,1-7H3/b9-8+/t19-,20+,22+,24+,25-,26-,27?,28-,29+,30+/m0/s1. The highest BCUT2D eigenvalue weighted by Crippen LogP contribution is 2.66. The van der Waals surface area contributed by atoms with Crippen molar-refractivity contribution in [3.63, 3.8) is 0 Å². The lowest BCUT2D eigenvalue weighted by Crippen LogP contribution is -2.54. The van der Waals surface area contributed by atoms with Gasteiger partial charge in [0.2, 0.25) is 0 Å². The van der Waals surface area contributed by atoms with E-state index in [1.54, 1.807) is 5.57 Å². The van der Waals surface area contributed by atoms with Crippen LogP contribution in [0.25, 0.3) is 0 Å². The molecule has 3 nitrogen and oxygen atoms in total. The average molecular weight is 457 g/mol. The van der Waals surface area contributed by atoms with Gasteiger partial charge >= 0.3 is 5.97 Å². The molecule has 0 aliphatic heterocycles. The molecule has 0 aromatic rings. The smallest absolute Gasteiger partial charge is 0.302 e. The Hall–Kier alpha value is -1.09. The third kappa shape index (κ3) is 4.37. The monoisotopic (exact) mass is 456 g/mol. The van der Waals surface area contributed by atoms with Gasteiger partial charge in [-0.15, -0.1) is 0 Å². The summed E-state index contributed by atoms with van der Waals surface area (Å²) in [4.78, 5) is 11.5. The summed E-state index contributed by atoms with van der Waals surface area (Å²) in [6, 6.07) is 0. The predicted octanol–water partition coefficient (Wildman–Crippen LogP) is 6.95. The largest absolute Gasteiger partial charge is 0.463 e. The van der Waals surface area contributed by atoms with Gasteiger partial charge in [-0.3, -0.25) is 4.79 Å². The topological polar surface area (TPSA) is 46.5 Å². The van der Waals surface area contributed by atoms with Crippen LogP contribution in [-0.4, -0.2) is 23.3 Å². The lowest BCUT2D eigenvalue weighted by atomic mass is 9.47. The minimum atomic E-state index is -0.412. The molecule has 3 saturated carbocycles. The number of allylic oxidation sites excluding steroid dienone is 3. The van der Waals surface area contributed by atoms with Crippen LogP contribution in [0.4, 0.5) is 0 Å². The predicted molar refractivity (Wildman–Crippen MR) is 134 cm³/mol. The van der Waals surface area contributed by atoms with E-state index in [0.29, 0.717) is 35.0 Å². The first-order valence-electron chi connectivity index (χ1n) is 13.7. The lowest BCUT2D eigenvalue weighted by Gasteiger charge is -2.58. The molecule has 0 radical (unpaired) electrons. The van der Waals surface area contributed by atoms with Crippen LogP contribution in [0.3, 0.4) is 0 Å². The molecule has 10 atom stereocenters. The van der Waals surface area contributed by atoms with Crippen molar-refractivity contribution in [2.75, 3.05) is 0 Å². The van der Waals surface area contributed by atoms with E-state index in [-0.39, 0.29) is 23.4 Å². The third-order valence-corrected chi connectivity index (χ3v) is 10.9. The number of fused-ring (bicyclic) bond motifs is 5. The van der Waals surface area contributed by atoms with Crippen LogP contribution in [0.15, 0.2) is 23.8 Å². The second kappa shape index (κ2) is 9.17. The zero-order valence-electron chi connectivity index (χ0n) is 22.1. The van der Waals surface area contributed by atoms with Gasteiger partial charge in [0.1, 0.15) is 6.10 Å². The Kier molecular flexibility index (Phi) is 6.95. The van der Waals surface area contributed by atoms with Crippen molar-refractivity contribution in [1.82, 2.24) is 0 Å². The molecule has 4 aliphatic rings. The van der Waals surface area contributed by atoms with Crippen LogP contribution in [0.5, 0.6) is 0 Å². The van der Waals surface area contributed by atoms with E-state index in [1.165, 1.54) is 32.6 Å². The number of rotatable bonds is 5. The summed E-state index contributed by atoms with van der Waals surface area (Å²) < 4.78 is 5.57. The van der Waals surface area contributed by atoms with Gasteiger partial charge in [-0.05, 0) is 97.2 Å². The minimum Gasteiger partial charge on any atom is -0.463 e. The van der Waals surface area contributed by atoms with Crippen LogP contribution in [0.1, 0.15) is 93.4 Å². The van der Waals surface area contributed by atoms with E-state index in [2.05, 4.69) is 59.8 Å². The molecule has 4 aliphatic carbocycles. The maximum Gasteiger partial charge on any atom is 0.302 e. The van der Waals surface area contributed by atoms with E-state index < -0.39 is 6.10 Å². The number of esters is 1. The Morgan fingerprint density at radius 2 is 1.70 bits per heavy atom. The molecule has 0 aromatic heterocycles. The molecule has 33 heavy (non-hydrogen) atoms. The molecular weight excluding hydrogens is 408 g/mol. The van der Waals surface area contributed by atoms with E-state index >= 15 is 0 Å². The fourth-order valence-electron chi connectivity index (χ4n) is 8.49. The van der Waals surface area contributed by atoms with E-state index in [1.807, 2.05) is 0 Å². The number of aliphatic hydroxyl groups is 1. The molecule has 0 aromatic carbocycles. The molecule has 4 rings (SSSR count). The zero-order valence-corrected chi connectivity index (χ0v) is 22.1. The van der Waals surface area contributed by atoms with E-state index in [4.69, 9.17) is 4.74 Å². The number of ether oxygens (including phenoxy) is 1. The Labute approximate surface area is 202 Å². The first-order chi connectivity index (χ1) is 15.5. The second-order valence-electron chi connectivity index (χ2n) is 13.0. The van der Waals surface area contributed by atoms with Crippen molar-refractivity contribution in [2.45, 2.75) is 106 Å². The zero-order chi connectivity index (χ0) is 24.1. The van der Waals surface area contributed by atoms with Gasteiger partial charge in [-0.1, -0.05) is 65.3 Å². The summed E-state index contributed by atoms with van der Waals surface area (Å²) in [5.74, 6) is 3.84. The first-order valence-corrected chi connectivity index (χ1v) is 13.7. The van der Waals surface area contributed by atoms with Gasteiger partial charge in [0.05, 0.1) is 6.10 Å². The molecule has 0 spiro atoms. The highest BCUT2D eigenvalue weighted by Gasteiger charge is 2.59. The Morgan fingerprint density at radius 1 is 1.03 bits per heavy atom. The molecule has 0 amide bonds. The van der Waals surface area contributed by atoms with E-state index in [9.17, 15) is 9.90 Å². The van der Waals surface area contributed by atoms with Crippen LogP contribution >= 0.6 is 0 Å². The molecule has 0 saturated heterocycles. The van der Waals surface area contributed by atoms with Crippen molar-refractivity contribution in [1.29, 1.82) is 0 Å². The van der Waals surface area contributed by atoms with Gasteiger partial charge in [-0.2, -0.15) is 0 Å². The van der Waals surface area contributed by atoms with Gasteiger partial charge in [0.15, 0.2) is 0 Å². The number of hydrogen-bond donors (Lipinski definition) is 1. The summed E-state index contributed by atoms with van der Waals surface area (Å²) >= 11 is 0. The van der Waals surface area contributed by atoms with Gasteiger partial charge < -0.3 is 9.84 Å². The summed E-state index contributed by atoms with van der Waals surface area (Å²) in [6.07, 6.45) is 14.7. The van der Waals surface area contributed by atoms with Crippen LogP contribution < -0.4 is 0 Å². The summed E-state index contributed by atoms with van der Waals surface area (Å²) in [6.45, 7) is 15.9. The summed E-state index contributed by atoms with van der Waals surface area (Å²) in [5, 5.41) is 11.3. The Morgan fingerprint density at radius 3 is 2.36 bits per heavy atom. The highest BCUT2D eigenvalue weighted by atomic mass is 16.5. The fraction of sp³-hybridized carbons (Fsp3) is 0.833. The molecule has 0 heterocycles. The van der Waals surface area contributed by atoms with Crippen molar-refractivity contribution >= 4 is 5.97 Å². The normalized spacial score (nSPS) is 44.6. The Balaban J connectivity index is 1.55. The van der Waals surface area contributed by atoms with E-state index in [0.717, 1.165) is 25.2 Å². The highest BCUT2D eigenvalue weighted by molar-refractivity contribution is 5.66. The molecule has 1 unspecified atom stereocenters. The molecule has 1 N–H and O–H groups in total. The van der Waals surface area contributed by atoms with Crippen molar-refractivity contribution in [3.05, 3.63) is 23.8 Å². The summed E-state index contributed by atoms with van der Waals surface area (Å²) in [7, 11) is 0. The molecule has 186 valence electrons. The summed E-state index contributed by atoms with van der Waals surface area (Å²) in [5.41, 5.74) is 2.04. The molecule has 3 fully saturated rings. The number of carbonyl (C=O) groups is 1. The second-order valence-corrected chi connectivity index (χ2v) is 13.0. The quantitative estimate of drug-likeness (QED) is 0.359. The van der Waals surface area contributed by atoms with Crippen molar-refractivity contribution in [3.8, 4) is 0 Å².